The van der Waals surface area contributed by atoms with Gasteiger partial charge in [-0.25, -0.2) is 9.36 Å². The number of carbonyl (C=O) groups is 2. The van der Waals surface area contributed by atoms with Crippen LogP contribution in [0.3, 0.4) is 0 Å². The highest BCUT2D eigenvalue weighted by atomic mass is 16.3. The van der Waals surface area contributed by atoms with Crippen molar-refractivity contribution in [3.8, 4) is 0 Å². The topological polar surface area (TPSA) is 107 Å². The first-order valence-corrected chi connectivity index (χ1v) is 11.2. The lowest BCUT2D eigenvalue weighted by Gasteiger charge is -2.20. The van der Waals surface area contributed by atoms with Crippen molar-refractivity contribution in [2.24, 2.45) is 0 Å². The second kappa shape index (κ2) is 9.02. The molecule has 4 rings (SSSR count). The van der Waals surface area contributed by atoms with Crippen molar-refractivity contribution >= 4 is 33.9 Å². The Hall–Kier alpha value is -3.36. The Bertz CT molecular complexity index is 1280. The first-order valence-electron chi connectivity index (χ1n) is 11.2. The summed E-state index contributed by atoms with van der Waals surface area (Å²) in [6.07, 6.45) is 3.89. The number of benzene rings is 1. The number of hydrogen-bond acceptors (Lipinski definition) is 5. The van der Waals surface area contributed by atoms with Crippen LogP contribution in [0.4, 0.5) is 0 Å². The predicted molar refractivity (Wildman–Crippen MR) is 121 cm³/mol. The Labute approximate surface area is 184 Å². The number of para-hydroxylation sites is 1. The predicted octanol–water partition coefficient (Wildman–Crippen LogP) is 1.84. The maximum atomic E-state index is 13.4. The number of likely N-dealkylation sites (N-methyl/N-ethyl adjacent to an activating group) is 1. The summed E-state index contributed by atoms with van der Waals surface area (Å²) in [5.74, 6) is -0.641. The van der Waals surface area contributed by atoms with E-state index in [1.807, 2.05) is 13.8 Å². The Morgan fingerprint density at radius 1 is 1.06 bits per heavy atom. The maximum Gasteiger partial charge on any atom is 0.332 e. The molecule has 0 radical (unpaired) electrons. The summed E-state index contributed by atoms with van der Waals surface area (Å²) in [4.78, 5) is 53.6. The molecule has 9 nitrogen and oxygen atoms in total. The summed E-state index contributed by atoms with van der Waals surface area (Å²) in [5, 5.41) is 3.48. The molecule has 0 bridgehead atoms. The molecule has 2 amide bonds. The van der Waals surface area contributed by atoms with Gasteiger partial charge in [-0.15, -0.1) is 0 Å². The fourth-order valence-electron chi connectivity index (χ4n) is 4.48. The second-order valence-electron chi connectivity index (χ2n) is 8.15. The van der Waals surface area contributed by atoms with E-state index in [1.54, 1.807) is 29.2 Å². The first kappa shape index (κ1) is 21.9. The molecule has 2 aromatic heterocycles. The molecule has 1 saturated carbocycles. The zero-order chi connectivity index (χ0) is 22.8. The monoisotopic (exact) mass is 440 g/mol. The average Bonchev–Trinajstić information content (AvgIpc) is 3.43. The van der Waals surface area contributed by atoms with Crippen molar-refractivity contribution in [2.75, 3.05) is 13.1 Å². The van der Waals surface area contributed by atoms with E-state index in [4.69, 9.17) is 4.42 Å². The van der Waals surface area contributed by atoms with Gasteiger partial charge in [-0.05, 0) is 38.8 Å². The van der Waals surface area contributed by atoms with E-state index in [9.17, 15) is 19.2 Å². The van der Waals surface area contributed by atoms with Crippen LogP contribution in [-0.4, -0.2) is 45.0 Å². The molecule has 1 aliphatic rings. The van der Waals surface area contributed by atoms with Gasteiger partial charge in [0.15, 0.2) is 0 Å². The van der Waals surface area contributed by atoms with Gasteiger partial charge >= 0.3 is 5.69 Å². The van der Waals surface area contributed by atoms with Crippen LogP contribution in [0.25, 0.3) is 22.1 Å². The number of nitrogens with zero attached hydrogens (tertiary/aromatic N) is 3. The van der Waals surface area contributed by atoms with E-state index in [2.05, 4.69) is 5.32 Å². The van der Waals surface area contributed by atoms with Crippen LogP contribution >= 0.6 is 0 Å². The minimum atomic E-state index is -0.698. The van der Waals surface area contributed by atoms with E-state index < -0.39 is 23.7 Å². The highest BCUT2D eigenvalue weighted by Crippen LogP contribution is 2.25. The van der Waals surface area contributed by atoms with Crippen LogP contribution in [0.15, 0.2) is 38.3 Å². The molecule has 170 valence electrons. The molecule has 0 saturated heterocycles. The van der Waals surface area contributed by atoms with Gasteiger partial charge in [-0.2, -0.15) is 0 Å². The van der Waals surface area contributed by atoms with Gasteiger partial charge in [0.1, 0.15) is 24.2 Å². The van der Waals surface area contributed by atoms with Crippen LogP contribution in [0.5, 0.6) is 0 Å². The summed E-state index contributed by atoms with van der Waals surface area (Å²) in [6.45, 7) is 4.07. The molecule has 0 unspecified atom stereocenters. The Kier molecular flexibility index (Phi) is 6.16. The molecular weight excluding hydrogens is 412 g/mol. The highest BCUT2D eigenvalue weighted by Gasteiger charge is 2.24. The SMILES string of the molecule is CCN(CC)C(=O)Cn1c(=O)n(CC(=O)NC2CCCC2)c(=O)c2oc3ccccc3c21. The molecule has 0 atom stereocenters. The quantitative estimate of drug-likeness (QED) is 0.603. The zero-order valence-corrected chi connectivity index (χ0v) is 18.4. The van der Waals surface area contributed by atoms with E-state index >= 15 is 0 Å². The van der Waals surface area contributed by atoms with E-state index in [0.29, 0.717) is 24.1 Å². The lowest BCUT2D eigenvalue weighted by molar-refractivity contribution is -0.131. The fraction of sp³-hybridized carbons (Fsp3) is 0.478. The Balaban J connectivity index is 1.83. The maximum absolute atomic E-state index is 13.4. The summed E-state index contributed by atoms with van der Waals surface area (Å²) in [6, 6.07) is 7.06. The number of carbonyl (C=O) groups excluding carboxylic acids is 2. The molecule has 32 heavy (non-hydrogen) atoms. The lowest BCUT2D eigenvalue weighted by Crippen LogP contribution is -2.46. The summed E-state index contributed by atoms with van der Waals surface area (Å²) in [7, 11) is 0. The molecule has 1 aromatic carbocycles. The average molecular weight is 441 g/mol. The van der Waals surface area contributed by atoms with Crippen molar-refractivity contribution in [3.63, 3.8) is 0 Å². The number of rotatable bonds is 7. The third-order valence-corrected chi connectivity index (χ3v) is 6.17. The third-order valence-electron chi connectivity index (χ3n) is 6.17. The van der Waals surface area contributed by atoms with Crippen LogP contribution in [-0.2, 0) is 22.7 Å². The van der Waals surface area contributed by atoms with Crippen LogP contribution in [0, 0.1) is 0 Å². The molecule has 1 fully saturated rings. The Morgan fingerprint density at radius 3 is 2.44 bits per heavy atom. The Morgan fingerprint density at radius 2 is 1.75 bits per heavy atom. The molecule has 1 aliphatic carbocycles. The van der Waals surface area contributed by atoms with Crippen LogP contribution in [0.2, 0.25) is 0 Å². The van der Waals surface area contributed by atoms with Gasteiger partial charge in [-0.3, -0.25) is 19.0 Å². The van der Waals surface area contributed by atoms with Crippen molar-refractivity contribution in [2.45, 2.75) is 58.7 Å². The zero-order valence-electron chi connectivity index (χ0n) is 18.4. The molecule has 9 heteroatoms. The number of furan rings is 1. The van der Waals surface area contributed by atoms with Crippen molar-refractivity contribution in [3.05, 3.63) is 45.1 Å². The van der Waals surface area contributed by atoms with Crippen molar-refractivity contribution in [1.29, 1.82) is 0 Å². The molecule has 0 aliphatic heterocycles. The first-order chi connectivity index (χ1) is 15.4. The number of fused-ring (bicyclic) bond motifs is 3. The normalized spacial score (nSPS) is 14.3. The largest absolute Gasteiger partial charge is 0.449 e. The van der Waals surface area contributed by atoms with Gasteiger partial charge in [0, 0.05) is 24.5 Å². The number of nitrogens with one attached hydrogen (secondary N) is 1. The molecule has 0 spiro atoms. The third kappa shape index (κ3) is 3.94. The molecule has 2 heterocycles. The standard InChI is InChI=1S/C23H28N4O5/c1-3-25(4-2)19(29)14-26-20-16-11-7-8-12-17(16)32-21(20)22(30)27(23(26)31)13-18(28)24-15-9-5-6-10-15/h7-8,11-12,15H,3-6,9-10,13-14H2,1-2H3,(H,24,28). The van der Waals surface area contributed by atoms with Crippen LogP contribution < -0.4 is 16.6 Å². The summed E-state index contributed by atoms with van der Waals surface area (Å²) < 4.78 is 7.90. The van der Waals surface area contributed by atoms with Gasteiger partial charge < -0.3 is 14.6 Å². The lowest BCUT2D eigenvalue weighted by atomic mass is 10.2. The molecule has 3 aromatic rings. The minimum absolute atomic E-state index is 0.0354. The summed E-state index contributed by atoms with van der Waals surface area (Å²) in [5.41, 5.74) is -0.683. The fourth-order valence-corrected chi connectivity index (χ4v) is 4.48. The second-order valence-corrected chi connectivity index (χ2v) is 8.15. The number of amides is 2. The number of hydrogen-bond donors (Lipinski definition) is 1. The van der Waals surface area contributed by atoms with Crippen molar-refractivity contribution in [1.82, 2.24) is 19.4 Å². The van der Waals surface area contributed by atoms with Gasteiger partial charge in [-0.1, -0.05) is 25.0 Å². The molecule has 1 N–H and O–H groups in total. The van der Waals surface area contributed by atoms with E-state index in [0.717, 1.165) is 30.3 Å². The number of aromatic nitrogens is 2. The van der Waals surface area contributed by atoms with Gasteiger partial charge in [0.05, 0.1) is 0 Å². The summed E-state index contributed by atoms with van der Waals surface area (Å²) >= 11 is 0. The minimum Gasteiger partial charge on any atom is -0.449 e. The molecular formula is C23H28N4O5. The van der Waals surface area contributed by atoms with Crippen LogP contribution in [0.1, 0.15) is 39.5 Å². The van der Waals surface area contributed by atoms with Gasteiger partial charge in [0.25, 0.3) is 5.56 Å². The highest BCUT2D eigenvalue weighted by molar-refractivity contribution is 6.02. The smallest absolute Gasteiger partial charge is 0.332 e. The van der Waals surface area contributed by atoms with E-state index in [1.165, 1.54) is 4.57 Å². The van der Waals surface area contributed by atoms with Gasteiger partial charge in [0.2, 0.25) is 17.4 Å². The van der Waals surface area contributed by atoms with Crippen molar-refractivity contribution < 1.29 is 14.0 Å². The van der Waals surface area contributed by atoms with E-state index in [-0.39, 0.29) is 29.6 Å².